The lowest BCUT2D eigenvalue weighted by Crippen LogP contribution is -2.02. The van der Waals surface area contributed by atoms with E-state index in [0.717, 1.165) is 47.0 Å². The topological polar surface area (TPSA) is 49.7 Å². The highest BCUT2D eigenvalue weighted by molar-refractivity contribution is 9.10. The summed E-state index contributed by atoms with van der Waals surface area (Å²) in [6.07, 6.45) is 3.93. The number of unbranched alkanes of at least 4 members (excludes halogenated alkanes) is 3. The van der Waals surface area contributed by atoms with Crippen LogP contribution in [-0.2, 0) is 6.61 Å². The zero-order valence-corrected chi connectivity index (χ0v) is 12.4. The molecule has 0 saturated carbocycles. The van der Waals surface area contributed by atoms with E-state index in [0.29, 0.717) is 6.61 Å². The lowest BCUT2D eigenvalue weighted by molar-refractivity contribution is 0.255. The van der Waals surface area contributed by atoms with Gasteiger partial charge in [0, 0.05) is 16.6 Å². The Morgan fingerprint density at radius 2 is 1.83 bits per heavy atom. The second-order valence-corrected chi connectivity index (χ2v) is 5.27. The van der Waals surface area contributed by atoms with Crippen LogP contribution in [0.1, 0.15) is 36.8 Å². The Kier molecular flexibility index (Phi) is 7.32. The van der Waals surface area contributed by atoms with Gasteiger partial charge in [-0.05, 0) is 43.9 Å². The number of aliphatic hydroxyl groups excluding tert-OH is 2. The van der Waals surface area contributed by atoms with E-state index in [1.165, 1.54) is 0 Å². The Bertz CT molecular complexity index is 366. The van der Waals surface area contributed by atoms with Gasteiger partial charge in [0.1, 0.15) is 5.75 Å². The third-order valence-corrected chi connectivity index (χ3v) is 3.24. The minimum Gasteiger partial charge on any atom is -0.493 e. The van der Waals surface area contributed by atoms with Crippen LogP contribution in [0.2, 0.25) is 0 Å². The minimum absolute atomic E-state index is 0.0138. The fraction of sp³-hybridized carbons (Fsp3) is 0.571. The number of halogens is 1. The Labute approximate surface area is 117 Å². The van der Waals surface area contributed by atoms with E-state index in [-0.39, 0.29) is 13.2 Å². The van der Waals surface area contributed by atoms with E-state index >= 15 is 0 Å². The molecule has 4 heteroatoms. The summed E-state index contributed by atoms with van der Waals surface area (Å²) in [6, 6.07) is 3.87. The van der Waals surface area contributed by atoms with E-state index in [9.17, 15) is 5.11 Å². The van der Waals surface area contributed by atoms with Gasteiger partial charge in [-0.15, -0.1) is 0 Å². The Morgan fingerprint density at radius 3 is 2.50 bits per heavy atom. The molecular weight excluding hydrogens is 296 g/mol. The van der Waals surface area contributed by atoms with Crippen molar-refractivity contribution in [3.05, 3.63) is 27.7 Å². The summed E-state index contributed by atoms with van der Waals surface area (Å²) in [4.78, 5) is 0. The van der Waals surface area contributed by atoms with Crippen LogP contribution in [0.15, 0.2) is 16.6 Å². The molecule has 0 atom stereocenters. The van der Waals surface area contributed by atoms with E-state index in [1.54, 1.807) is 0 Å². The van der Waals surface area contributed by atoms with Crippen molar-refractivity contribution in [3.63, 3.8) is 0 Å². The predicted molar refractivity (Wildman–Crippen MR) is 75.9 cm³/mol. The van der Waals surface area contributed by atoms with Crippen molar-refractivity contribution in [2.24, 2.45) is 0 Å². The lowest BCUT2D eigenvalue weighted by atomic mass is 10.1. The molecule has 0 fully saturated rings. The summed E-state index contributed by atoms with van der Waals surface area (Å²) in [5.74, 6) is 0.794. The average molecular weight is 317 g/mol. The van der Waals surface area contributed by atoms with E-state index in [1.807, 2.05) is 19.1 Å². The maximum Gasteiger partial charge on any atom is 0.127 e. The fourth-order valence-corrected chi connectivity index (χ4v) is 2.48. The summed E-state index contributed by atoms with van der Waals surface area (Å²) >= 11 is 3.41. The van der Waals surface area contributed by atoms with Gasteiger partial charge in [0.15, 0.2) is 0 Å². The number of aryl methyl sites for hydroxylation is 1. The average Bonchev–Trinajstić information content (AvgIpc) is 2.35. The molecule has 18 heavy (non-hydrogen) atoms. The summed E-state index contributed by atoms with van der Waals surface area (Å²) in [5.41, 5.74) is 1.85. The van der Waals surface area contributed by atoms with Crippen molar-refractivity contribution >= 4 is 15.9 Å². The monoisotopic (exact) mass is 316 g/mol. The van der Waals surface area contributed by atoms with Crippen LogP contribution in [0, 0.1) is 6.92 Å². The van der Waals surface area contributed by atoms with Gasteiger partial charge in [0.25, 0.3) is 0 Å². The van der Waals surface area contributed by atoms with Crippen molar-refractivity contribution < 1.29 is 14.9 Å². The maximum absolute atomic E-state index is 9.31. The smallest absolute Gasteiger partial charge is 0.127 e. The molecule has 0 aromatic heterocycles. The van der Waals surface area contributed by atoms with Crippen LogP contribution in [0.4, 0.5) is 0 Å². The number of rotatable bonds is 8. The number of aliphatic hydroxyl groups is 2. The molecule has 0 saturated heterocycles. The Balaban J connectivity index is 2.46. The second kappa shape index (κ2) is 8.51. The van der Waals surface area contributed by atoms with Crippen LogP contribution >= 0.6 is 15.9 Å². The molecule has 0 radical (unpaired) electrons. The molecular formula is C14H21BrO3. The molecule has 102 valence electrons. The molecule has 0 unspecified atom stereocenters. The van der Waals surface area contributed by atoms with Gasteiger partial charge in [0.05, 0.1) is 13.2 Å². The molecule has 3 nitrogen and oxygen atoms in total. The zero-order valence-electron chi connectivity index (χ0n) is 10.8. The van der Waals surface area contributed by atoms with Crippen LogP contribution in [0.25, 0.3) is 0 Å². The second-order valence-electron chi connectivity index (χ2n) is 4.36. The highest BCUT2D eigenvalue weighted by atomic mass is 79.9. The third-order valence-electron chi connectivity index (χ3n) is 2.79. The third kappa shape index (κ3) is 4.96. The minimum atomic E-state index is -0.0138. The molecule has 0 aliphatic carbocycles. The van der Waals surface area contributed by atoms with E-state index in [2.05, 4.69) is 15.9 Å². The molecule has 1 aromatic rings. The van der Waals surface area contributed by atoms with Crippen LogP contribution < -0.4 is 4.74 Å². The van der Waals surface area contributed by atoms with Gasteiger partial charge >= 0.3 is 0 Å². The Hall–Kier alpha value is -0.580. The number of benzene rings is 1. The van der Waals surface area contributed by atoms with Crippen LogP contribution in [0.3, 0.4) is 0 Å². The first-order valence-electron chi connectivity index (χ1n) is 6.32. The standard InChI is InChI=1S/C14H21BrO3/c1-11-8-13(15)9-12(10-17)14(11)18-7-5-3-2-4-6-16/h8-9,16-17H,2-7,10H2,1H3. The fourth-order valence-electron chi connectivity index (χ4n) is 1.86. The molecule has 0 heterocycles. The van der Waals surface area contributed by atoms with Gasteiger partial charge in [-0.1, -0.05) is 22.4 Å². The van der Waals surface area contributed by atoms with Crippen molar-refractivity contribution in [2.45, 2.75) is 39.2 Å². The first-order valence-corrected chi connectivity index (χ1v) is 7.12. The SMILES string of the molecule is Cc1cc(Br)cc(CO)c1OCCCCCCO. The van der Waals surface area contributed by atoms with Crippen LogP contribution in [0.5, 0.6) is 5.75 Å². The number of hydrogen-bond acceptors (Lipinski definition) is 3. The summed E-state index contributed by atoms with van der Waals surface area (Å²) in [6.45, 7) is 2.88. The molecule has 1 aromatic carbocycles. The first kappa shape index (κ1) is 15.5. The normalized spacial score (nSPS) is 10.7. The van der Waals surface area contributed by atoms with Crippen molar-refractivity contribution in [1.29, 1.82) is 0 Å². The highest BCUT2D eigenvalue weighted by Crippen LogP contribution is 2.28. The number of ether oxygens (including phenoxy) is 1. The molecule has 1 rings (SSSR count). The van der Waals surface area contributed by atoms with E-state index in [4.69, 9.17) is 9.84 Å². The van der Waals surface area contributed by atoms with Crippen molar-refractivity contribution in [2.75, 3.05) is 13.2 Å². The molecule has 0 spiro atoms. The maximum atomic E-state index is 9.31. The quantitative estimate of drug-likeness (QED) is 0.724. The molecule has 0 aliphatic heterocycles. The Morgan fingerprint density at radius 1 is 1.11 bits per heavy atom. The van der Waals surface area contributed by atoms with Crippen LogP contribution in [-0.4, -0.2) is 23.4 Å². The van der Waals surface area contributed by atoms with E-state index < -0.39 is 0 Å². The molecule has 0 bridgehead atoms. The molecule has 2 N–H and O–H groups in total. The van der Waals surface area contributed by atoms with Crippen molar-refractivity contribution in [1.82, 2.24) is 0 Å². The van der Waals surface area contributed by atoms with Gasteiger partial charge in [0.2, 0.25) is 0 Å². The summed E-state index contributed by atoms with van der Waals surface area (Å²) < 4.78 is 6.71. The summed E-state index contributed by atoms with van der Waals surface area (Å²) in [5, 5.41) is 18.0. The highest BCUT2D eigenvalue weighted by Gasteiger charge is 2.08. The van der Waals surface area contributed by atoms with Gasteiger partial charge in [-0.25, -0.2) is 0 Å². The van der Waals surface area contributed by atoms with Gasteiger partial charge < -0.3 is 14.9 Å². The first-order chi connectivity index (χ1) is 8.69. The lowest BCUT2D eigenvalue weighted by Gasteiger charge is -2.13. The summed E-state index contributed by atoms with van der Waals surface area (Å²) in [7, 11) is 0. The van der Waals surface area contributed by atoms with Crippen molar-refractivity contribution in [3.8, 4) is 5.75 Å². The number of hydrogen-bond donors (Lipinski definition) is 2. The molecule has 0 amide bonds. The van der Waals surface area contributed by atoms with Gasteiger partial charge in [-0.2, -0.15) is 0 Å². The molecule has 0 aliphatic rings. The zero-order chi connectivity index (χ0) is 13.4. The van der Waals surface area contributed by atoms with Gasteiger partial charge in [-0.3, -0.25) is 0 Å². The predicted octanol–water partition coefficient (Wildman–Crippen LogP) is 3.18. The largest absolute Gasteiger partial charge is 0.493 e.